The number of aromatic hydroxyl groups is 1. The van der Waals surface area contributed by atoms with E-state index in [1.54, 1.807) is 13.0 Å². The van der Waals surface area contributed by atoms with Crippen molar-refractivity contribution in [2.75, 3.05) is 0 Å². The van der Waals surface area contributed by atoms with Gasteiger partial charge in [0.15, 0.2) is 5.56 Å². The smallest absolute Gasteiger partial charge is 0.270 e. The van der Waals surface area contributed by atoms with E-state index in [0.29, 0.717) is 17.9 Å². The zero-order chi connectivity index (χ0) is 14.3. The molecule has 0 atom stereocenters. The number of primary amides is 1. The summed E-state index contributed by atoms with van der Waals surface area (Å²) in [5.41, 5.74) is 5.21. The summed E-state index contributed by atoms with van der Waals surface area (Å²) in [7, 11) is 0. The second-order valence-electron chi connectivity index (χ2n) is 4.93. The van der Waals surface area contributed by atoms with Gasteiger partial charge in [-0.05, 0) is 12.8 Å². The first kappa shape index (κ1) is 13.1. The zero-order valence-corrected chi connectivity index (χ0v) is 11.0. The lowest BCUT2D eigenvalue weighted by Crippen LogP contribution is -2.32. The molecule has 2 heterocycles. The van der Waals surface area contributed by atoms with Crippen LogP contribution in [0.3, 0.4) is 0 Å². The molecular formula is C12H16N4O3. The van der Waals surface area contributed by atoms with Crippen LogP contribution >= 0.6 is 0 Å². The summed E-state index contributed by atoms with van der Waals surface area (Å²) >= 11 is 0. The Morgan fingerprint density at radius 2 is 2.16 bits per heavy atom. The quantitative estimate of drug-likeness (QED) is 0.830. The van der Waals surface area contributed by atoms with Gasteiger partial charge >= 0.3 is 0 Å². The molecule has 7 heteroatoms. The number of nitrogens with two attached hydrogens (primary N) is 1. The molecule has 0 saturated carbocycles. The molecule has 3 N–H and O–H groups in total. The van der Waals surface area contributed by atoms with E-state index in [2.05, 4.69) is 5.10 Å². The maximum Gasteiger partial charge on any atom is 0.270 e. The van der Waals surface area contributed by atoms with E-state index in [0.717, 1.165) is 0 Å². The van der Waals surface area contributed by atoms with E-state index in [9.17, 15) is 14.7 Å². The van der Waals surface area contributed by atoms with Crippen LogP contribution < -0.4 is 11.3 Å². The van der Waals surface area contributed by atoms with Gasteiger partial charge in [-0.1, -0.05) is 13.8 Å². The minimum absolute atomic E-state index is 0.196. The summed E-state index contributed by atoms with van der Waals surface area (Å²) in [5.74, 6) is -1.28. The maximum absolute atomic E-state index is 12.3. The Balaban J connectivity index is 2.91. The number of fused-ring (bicyclic) bond motifs is 1. The van der Waals surface area contributed by atoms with Crippen LogP contribution in [-0.4, -0.2) is 25.2 Å². The number of hydrogen-bond donors (Lipinski definition) is 2. The Hall–Kier alpha value is -2.31. The van der Waals surface area contributed by atoms with Crippen molar-refractivity contribution in [2.45, 2.75) is 27.3 Å². The molecule has 19 heavy (non-hydrogen) atoms. The summed E-state index contributed by atoms with van der Waals surface area (Å²) < 4.78 is 2.57. The lowest BCUT2D eigenvalue weighted by atomic mass is 10.2. The normalized spacial score (nSPS) is 11.4. The first-order valence-electron chi connectivity index (χ1n) is 5.95. The predicted octanol–water partition coefficient (Wildman–Crippen LogP) is 0.265. The molecule has 0 aliphatic heterocycles. The number of carbonyl (C=O) groups is 1. The molecule has 7 nitrogen and oxygen atoms in total. The van der Waals surface area contributed by atoms with Crippen molar-refractivity contribution < 1.29 is 9.90 Å². The fourth-order valence-electron chi connectivity index (χ4n) is 2.03. The monoisotopic (exact) mass is 264 g/mol. The van der Waals surface area contributed by atoms with Crippen molar-refractivity contribution in [3.8, 4) is 5.88 Å². The van der Waals surface area contributed by atoms with Gasteiger partial charge in [0.2, 0.25) is 5.88 Å². The number of carbonyl (C=O) groups excluding carboxylic acids is 1. The van der Waals surface area contributed by atoms with Crippen LogP contribution in [0.15, 0.2) is 10.9 Å². The van der Waals surface area contributed by atoms with E-state index in [4.69, 9.17) is 5.73 Å². The van der Waals surface area contributed by atoms with Gasteiger partial charge in [-0.3, -0.25) is 14.2 Å². The molecule has 0 aliphatic carbocycles. The van der Waals surface area contributed by atoms with Crippen molar-refractivity contribution in [1.29, 1.82) is 0 Å². The van der Waals surface area contributed by atoms with Crippen LogP contribution in [0.2, 0.25) is 0 Å². The maximum atomic E-state index is 12.3. The number of nitrogens with zero attached hydrogens (tertiary/aromatic N) is 3. The highest BCUT2D eigenvalue weighted by atomic mass is 16.3. The van der Waals surface area contributed by atoms with Crippen molar-refractivity contribution in [1.82, 2.24) is 14.2 Å². The number of rotatable bonds is 3. The topological polar surface area (TPSA) is 103 Å². The molecule has 1 amide bonds. The van der Waals surface area contributed by atoms with Gasteiger partial charge in [0.25, 0.3) is 11.5 Å². The first-order valence-corrected chi connectivity index (χ1v) is 5.95. The van der Waals surface area contributed by atoms with Crippen molar-refractivity contribution in [3.63, 3.8) is 0 Å². The third-order valence-corrected chi connectivity index (χ3v) is 2.77. The van der Waals surface area contributed by atoms with Crippen LogP contribution in [0.25, 0.3) is 5.65 Å². The van der Waals surface area contributed by atoms with Crippen molar-refractivity contribution >= 4 is 11.6 Å². The summed E-state index contributed by atoms with van der Waals surface area (Å²) in [6, 6.07) is 1.67. The average molecular weight is 264 g/mol. The number of hydrogen-bond acceptors (Lipinski definition) is 4. The third-order valence-electron chi connectivity index (χ3n) is 2.77. The lowest BCUT2D eigenvalue weighted by molar-refractivity contribution is 0.0994. The van der Waals surface area contributed by atoms with E-state index in [-0.39, 0.29) is 5.92 Å². The molecule has 0 radical (unpaired) electrons. The van der Waals surface area contributed by atoms with Crippen LogP contribution in [-0.2, 0) is 6.54 Å². The Morgan fingerprint density at radius 3 is 2.68 bits per heavy atom. The summed E-state index contributed by atoms with van der Waals surface area (Å²) in [6.07, 6.45) is 0. The highest BCUT2D eigenvalue weighted by Crippen LogP contribution is 2.17. The number of aryl methyl sites for hydroxylation is 1. The number of amides is 1. The Kier molecular flexibility index (Phi) is 3.05. The highest BCUT2D eigenvalue weighted by molar-refractivity contribution is 5.94. The molecule has 0 aliphatic rings. The largest absolute Gasteiger partial charge is 0.492 e. The number of aromatic nitrogens is 3. The third kappa shape index (κ3) is 2.07. The molecule has 0 unspecified atom stereocenters. The fourth-order valence-corrected chi connectivity index (χ4v) is 2.03. The predicted molar refractivity (Wildman–Crippen MR) is 69.2 cm³/mol. The highest BCUT2D eigenvalue weighted by Gasteiger charge is 2.22. The van der Waals surface area contributed by atoms with Crippen molar-refractivity contribution in [3.05, 3.63) is 27.7 Å². The Labute approximate surface area is 109 Å². The van der Waals surface area contributed by atoms with Gasteiger partial charge in [0.05, 0.1) is 5.69 Å². The molecule has 2 aromatic heterocycles. The Bertz CT molecular complexity index is 712. The molecule has 2 aromatic rings. The lowest BCUT2D eigenvalue weighted by Gasteiger charge is -2.13. The fraction of sp³-hybridized carbons (Fsp3) is 0.417. The van der Waals surface area contributed by atoms with Gasteiger partial charge in [-0.2, -0.15) is 9.61 Å². The average Bonchev–Trinajstić information content (AvgIpc) is 2.66. The second kappa shape index (κ2) is 4.42. The summed E-state index contributed by atoms with van der Waals surface area (Å²) in [4.78, 5) is 23.6. The van der Waals surface area contributed by atoms with E-state index in [1.807, 2.05) is 13.8 Å². The molecule has 0 fully saturated rings. The SMILES string of the molecule is Cc1cc2n(CC(C)C)c(=O)c(C(N)=O)c(O)n2n1. The molecule has 0 saturated heterocycles. The van der Waals surface area contributed by atoms with E-state index >= 15 is 0 Å². The minimum atomic E-state index is -0.963. The molecule has 0 spiro atoms. The van der Waals surface area contributed by atoms with Gasteiger partial charge in [-0.15, -0.1) is 0 Å². The van der Waals surface area contributed by atoms with Crippen LogP contribution in [0.5, 0.6) is 5.88 Å². The van der Waals surface area contributed by atoms with E-state index < -0.39 is 22.9 Å². The second-order valence-corrected chi connectivity index (χ2v) is 4.93. The van der Waals surface area contributed by atoms with Crippen molar-refractivity contribution in [2.24, 2.45) is 11.7 Å². The first-order chi connectivity index (χ1) is 8.82. The molecule has 102 valence electrons. The van der Waals surface area contributed by atoms with E-state index in [1.165, 1.54) is 9.08 Å². The van der Waals surface area contributed by atoms with Crippen LogP contribution in [0.1, 0.15) is 29.9 Å². The van der Waals surface area contributed by atoms with Gasteiger partial charge in [0, 0.05) is 12.6 Å². The summed E-state index contributed by atoms with van der Waals surface area (Å²) in [6.45, 7) is 6.04. The Morgan fingerprint density at radius 1 is 1.53 bits per heavy atom. The molecule has 2 rings (SSSR count). The standard InChI is InChI=1S/C12H16N4O3/c1-6(2)5-15-8-4-7(3)14-16(8)12(19)9(10(13)17)11(15)18/h4,6,19H,5H2,1-3H3,(H2,13,17). The molecule has 0 aromatic carbocycles. The van der Waals surface area contributed by atoms with Crippen LogP contribution in [0, 0.1) is 12.8 Å². The zero-order valence-electron chi connectivity index (χ0n) is 11.0. The van der Waals surface area contributed by atoms with Crippen LogP contribution in [0.4, 0.5) is 0 Å². The van der Waals surface area contributed by atoms with Gasteiger partial charge in [0.1, 0.15) is 5.65 Å². The summed E-state index contributed by atoms with van der Waals surface area (Å²) in [5, 5.41) is 14.0. The van der Waals surface area contributed by atoms with Gasteiger partial charge < -0.3 is 10.8 Å². The molecule has 0 bridgehead atoms. The molecular weight excluding hydrogens is 248 g/mol. The van der Waals surface area contributed by atoms with Gasteiger partial charge in [-0.25, -0.2) is 0 Å². The minimum Gasteiger partial charge on any atom is -0.492 e.